The Hall–Kier alpha value is -4.22. The van der Waals surface area contributed by atoms with Gasteiger partial charge in [0.15, 0.2) is 11.5 Å². The van der Waals surface area contributed by atoms with E-state index in [9.17, 15) is 14.0 Å². The number of nitrogens with zero attached hydrogens (tertiary/aromatic N) is 6. The molecule has 1 saturated heterocycles. The molecule has 1 fully saturated rings. The number of imidazole rings is 1. The summed E-state index contributed by atoms with van der Waals surface area (Å²) in [7, 11) is 3.45. The van der Waals surface area contributed by atoms with Gasteiger partial charge in [-0.2, -0.15) is 5.10 Å². The van der Waals surface area contributed by atoms with Crippen molar-refractivity contribution in [2.45, 2.75) is 58.6 Å². The second-order valence-electron chi connectivity index (χ2n) is 12.0. The predicted octanol–water partition coefficient (Wildman–Crippen LogP) is 5.29. The summed E-state index contributed by atoms with van der Waals surface area (Å²) in [4.78, 5) is 33.8. The highest BCUT2D eigenvalue weighted by molar-refractivity contribution is 6.14. The molecule has 4 heterocycles. The SMILES string of the molecule is Cc1cn2cc(NC(=O)c3c(F)cc(N4CCC(C)(N(C)C(=O)OC(C)(C)C)CC4)c4cn(C)nc34)cc(F)c2n1. The fourth-order valence-corrected chi connectivity index (χ4v) is 5.28. The van der Waals surface area contributed by atoms with E-state index in [4.69, 9.17) is 4.74 Å². The van der Waals surface area contributed by atoms with Crippen molar-refractivity contribution in [2.24, 2.45) is 7.05 Å². The number of pyridine rings is 1. The van der Waals surface area contributed by atoms with Gasteiger partial charge in [-0.25, -0.2) is 18.6 Å². The van der Waals surface area contributed by atoms with Crippen molar-refractivity contribution < 1.29 is 23.1 Å². The molecule has 5 rings (SSSR count). The molecule has 1 aliphatic heterocycles. The monoisotopic (exact) mass is 567 g/mol. The van der Waals surface area contributed by atoms with Crippen LogP contribution in [0, 0.1) is 18.6 Å². The first-order chi connectivity index (χ1) is 19.1. The number of amides is 2. The maximum Gasteiger partial charge on any atom is 0.410 e. The molecule has 10 nitrogen and oxygen atoms in total. The van der Waals surface area contributed by atoms with Gasteiger partial charge in [0.2, 0.25) is 0 Å². The summed E-state index contributed by atoms with van der Waals surface area (Å²) in [5, 5.41) is 7.64. The van der Waals surface area contributed by atoms with Gasteiger partial charge in [0.1, 0.15) is 22.5 Å². The van der Waals surface area contributed by atoms with Crippen molar-refractivity contribution in [3.05, 3.63) is 53.6 Å². The Balaban J connectivity index is 1.40. The number of carbonyl (C=O) groups is 2. The van der Waals surface area contributed by atoms with Gasteiger partial charge in [-0.05, 0) is 53.5 Å². The Morgan fingerprint density at radius 1 is 1.10 bits per heavy atom. The van der Waals surface area contributed by atoms with Crippen LogP contribution in [-0.2, 0) is 11.8 Å². The van der Waals surface area contributed by atoms with Gasteiger partial charge < -0.3 is 24.3 Å². The first-order valence-electron chi connectivity index (χ1n) is 13.5. The van der Waals surface area contributed by atoms with Gasteiger partial charge >= 0.3 is 6.09 Å². The van der Waals surface area contributed by atoms with Crippen molar-refractivity contribution in [1.29, 1.82) is 0 Å². The summed E-state index contributed by atoms with van der Waals surface area (Å²) in [5.74, 6) is -2.08. The summed E-state index contributed by atoms with van der Waals surface area (Å²) in [6.45, 7) is 10.4. The number of piperidine rings is 1. The van der Waals surface area contributed by atoms with E-state index in [-0.39, 0.29) is 28.5 Å². The number of aryl methyl sites for hydroxylation is 2. The van der Waals surface area contributed by atoms with Gasteiger partial charge in [-0.15, -0.1) is 0 Å². The molecular weight excluding hydrogens is 532 g/mol. The Bertz CT molecular complexity index is 1660. The molecule has 0 radical (unpaired) electrons. The van der Waals surface area contributed by atoms with E-state index in [1.165, 1.54) is 21.3 Å². The van der Waals surface area contributed by atoms with Crippen LogP contribution in [0.3, 0.4) is 0 Å². The van der Waals surface area contributed by atoms with Crippen LogP contribution in [0.15, 0.2) is 30.7 Å². The van der Waals surface area contributed by atoms with Crippen LogP contribution >= 0.6 is 0 Å². The number of nitrogens with one attached hydrogen (secondary N) is 1. The van der Waals surface area contributed by atoms with E-state index >= 15 is 4.39 Å². The maximum atomic E-state index is 15.7. The molecule has 0 bridgehead atoms. The van der Waals surface area contributed by atoms with Gasteiger partial charge in [-0.1, -0.05) is 0 Å². The van der Waals surface area contributed by atoms with Gasteiger partial charge in [0.05, 0.1) is 17.1 Å². The average Bonchev–Trinajstić information content (AvgIpc) is 3.44. The Labute approximate surface area is 236 Å². The molecular formula is C29H35F2N7O3. The zero-order valence-electron chi connectivity index (χ0n) is 24.4. The molecule has 0 atom stereocenters. The summed E-state index contributed by atoms with van der Waals surface area (Å²) in [6.07, 6.45) is 5.80. The quantitative estimate of drug-likeness (QED) is 0.360. The standard InChI is InChI=1S/C29H35F2N7O3/c1-17-14-38-15-18(12-21(31)25(38)32-17)33-26(39)23-20(30)13-22(19-16-35(6)34-24(19)23)37-10-8-29(5,9-11-37)36(7)27(40)41-28(2,3)4/h12-16H,8-11H2,1-7H3,(H,33,39). The lowest BCUT2D eigenvalue weighted by molar-refractivity contribution is 0.00347. The Kier molecular flexibility index (Phi) is 6.91. The number of rotatable bonds is 4. The second kappa shape index (κ2) is 10.0. The van der Waals surface area contributed by atoms with Crippen molar-refractivity contribution in [2.75, 3.05) is 30.4 Å². The van der Waals surface area contributed by atoms with Crippen LogP contribution in [0.4, 0.5) is 25.0 Å². The first-order valence-corrected chi connectivity index (χ1v) is 13.5. The topological polar surface area (TPSA) is 97.0 Å². The molecule has 2 amide bonds. The van der Waals surface area contributed by atoms with Crippen LogP contribution in [0.25, 0.3) is 16.6 Å². The maximum absolute atomic E-state index is 15.7. The van der Waals surface area contributed by atoms with E-state index < -0.39 is 28.7 Å². The highest BCUT2D eigenvalue weighted by Gasteiger charge is 2.39. The van der Waals surface area contributed by atoms with Gasteiger partial charge in [-0.3, -0.25) is 9.48 Å². The van der Waals surface area contributed by atoms with E-state index in [0.29, 0.717) is 42.7 Å². The molecule has 0 saturated carbocycles. The molecule has 3 aromatic heterocycles. The zero-order chi connectivity index (χ0) is 29.9. The number of aromatic nitrogens is 4. The number of carbonyl (C=O) groups excluding carboxylic acids is 2. The van der Waals surface area contributed by atoms with Crippen molar-refractivity contribution >= 4 is 39.9 Å². The number of fused-ring (bicyclic) bond motifs is 2. The lowest BCUT2D eigenvalue weighted by Crippen LogP contribution is -2.55. The van der Waals surface area contributed by atoms with Crippen LogP contribution in [0.2, 0.25) is 0 Å². The molecule has 0 unspecified atom stereocenters. The Morgan fingerprint density at radius 3 is 2.44 bits per heavy atom. The van der Waals surface area contributed by atoms with E-state index in [1.807, 2.05) is 32.6 Å². The fraction of sp³-hybridized carbons (Fsp3) is 0.448. The lowest BCUT2D eigenvalue weighted by atomic mass is 9.88. The van der Waals surface area contributed by atoms with E-state index in [1.54, 1.807) is 38.3 Å². The molecule has 12 heteroatoms. The molecule has 0 aliphatic carbocycles. The van der Waals surface area contributed by atoms with Gasteiger partial charge in [0, 0.05) is 62.8 Å². The third kappa shape index (κ3) is 5.42. The minimum absolute atomic E-state index is 0.137. The average molecular weight is 568 g/mol. The summed E-state index contributed by atoms with van der Waals surface area (Å²) in [6, 6.07) is 2.50. The first kappa shape index (κ1) is 28.3. The summed E-state index contributed by atoms with van der Waals surface area (Å²) in [5.41, 5.74) is 0.489. The van der Waals surface area contributed by atoms with Crippen LogP contribution in [0.5, 0.6) is 0 Å². The van der Waals surface area contributed by atoms with Crippen molar-refractivity contribution in [3.63, 3.8) is 0 Å². The molecule has 41 heavy (non-hydrogen) atoms. The number of hydrogen-bond donors (Lipinski definition) is 1. The minimum atomic E-state index is -0.737. The smallest absolute Gasteiger partial charge is 0.410 e. The predicted molar refractivity (Wildman–Crippen MR) is 152 cm³/mol. The molecule has 0 spiro atoms. The highest BCUT2D eigenvalue weighted by atomic mass is 19.1. The second-order valence-corrected chi connectivity index (χ2v) is 12.0. The fourth-order valence-electron chi connectivity index (χ4n) is 5.28. The van der Waals surface area contributed by atoms with E-state index in [0.717, 1.165) is 6.07 Å². The molecule has 1 aromatic carbocycles. The minimum Gasteiger partial charge on any atom is -0.444 e. The summed E-state index contributed by atoms with van der Waals surface area (Å²) < 4.78 is 38.8. The molecule has 1 N–H and O–H groups in total. The number of hydrogen-bond acceptors (Lipinski definition) is 6. The number of halogens is 2. The molecule has 1 aliphatic rings. The van der Waals surface area contributed by atoms with Crippen molar-refractivity contribution in [1.82, 2.24) is 24.1 Å². The lowest BCUT2D eigenvalue weighted by Gasteiger charge is -2.45. The number of anilines is 2. The molecule has 218 valence electrons. The zero-order valence-corrected chi connectivity index (χ0v) is 24.4. The summed E-state index contributed by atoms with van der Waals surface area (Å²) >= 11 is 0. The van der Waals surface area contributed by atoms with E-state index in [2.05, 4.69) is 15.4 Å². The molecule has 4 aromatic rings. The van der Waals surface area contributed by atoms with Crippen LogP contribution < -0.4 is 10.2 Å². The van der Waals surface area contributed by atoms with Crippen LogP contribution in [0.1, 0.15) is 56.6 Å². The van der Waals surface area contributed by atoms with Gasteiger partial charge in [0.25, 0.3) is 5.91 Å². The Morgan fingerprint density at radius 2 is 1.78 bits per heavy atom. The highest BCUT2D eigenvalue weighted by Crippen LogP contribution is 2.36. The number of benzene rings is 1. The van der Waals surface area contributed by atoms with Crippen molar-refractivity contribution in [3.8, 4) is 0 Å². The largest absolute Gasteiger partial charge is 0.444 e. The number of ether oxygens (including phenoxy) is 1. The third-order valence-corrected chi connectivity index (χ3v) is 7.61. The normalized spacial score (nSPS) is 15.4. The third-order valence-electron chi connectivity index (χ3n) is 7.61. The van der Waals surface area contributed by atoms with Crippen LogP contribution in [-0.4, -0.2) is 67.3 Å².